The third kappa shape index (κ3) is 2.05. The predicted molar refractivity (Wildman–Crippen MR) is 60.4 cm³/mol. The van der Waals surface area contributed by atoms with Gasteiger partial charge in [-0.3, -0.25) is 4.98 Å². The molecule has 0 amide bonds. The van der Waals surface area contributed by atoms with E-state index in [-0.39, 0.29) is 10.9 Å². The van der Waals surface area contributed by atoms with Gasteiger partial charge in [0.15, 0.2) is 17.5 Å². The zero-order valence-electron chi connectivity index (χ0n) is 9.23. The number of nitrogens with zero attached hydrogens (tertiary/aromatic N) is 1. The van der Waals surface area contributed by atoms with Crippen molar-refractivity contribution in [2.75, 3.05) is 11.9 Å². The fourth-order valence-electron chi connectivity index (χ4n) is 1.61. The largest absolute Gasteiger partial charge is 0.384 e. The van der Waals surface area contributed by atoms with Crippen LogP contribution in [0.15, 0.2) is 18.3 Å². The van der Waals surface area contributed by atoms with E-state index in [4.69, 9.17) is 0 Å². The van der Waals surface area contributed by atoms with Crippen LogP contribution in [-0.2, 0) is 0 Å². The van der Waals surface area contributed by atoms with Gasteiger partial charge in [0, 0.05) is 23.8 Å². The van der Waals surface area contributed by atoms with Crippen molar-refractivity contribution in [2.24, 2.45) is 0 Å². The average Bonchev–Trinajstić information content (AvgIpc) is 2.34. The molecule has 2 nitrogen and oxygen atoms in total. The lowest BCUT2D eigenvalue weighted by Crippen LogP contribution is -2.02. The molecule has 1 heterocycles. The first-order valence-electron chi connectivity index (χ1n) is 5.31. The first-order valence-corrected chi connectivity index (χ1v) is 5.31. The fraction of sp³-hybridized carbons (Fsp3) is 0.250. The normalized spacial score (nSPS) is 10.8. The second kappa shape index (κ2) is 4.61. The molecule has 0 radical (unpaired) electrons. The van der Waals surface area contributed by atoms with Crippen molar-refractivity contribution in [2.45, 2.75) is 13.3 Å². The topological polar surface area (TPSA) is 24.9 Å². The number of benzene rings is 1. The molecule has 0 fully saturated rings. The molecule has 2 rings (SSSR count). The van der Waals surface area contributed by atoms with E-state index in [0.717, 1.165) is 12.5 Å². The van der Waals surface area contributed by atoms with Crippen LogP contribution >= 0.6 is 0 Å². The van der Waals surface area contributed by atoms with Gasteiger partial charge in [-0.25, -0.2) is 13.2 Å². The Bertz CT molecular complexity index is 555. The predicted octanol–water partition coefficient (Wildman–Crippen LogP) is 3.47. The van der Waals surface area contributed by atoms with Crippen LogP contribution in [0, 0.1) is 17.5 Å². The molecular formula is C12H11F3N2. The molecule has 0 aliphatic carbocycles. The van der Waals surface area contributed by atoms with E-state index in [2.05, 4.69) is 10.3 Å². The summed E-state index contributed by atoms with van der Waals surface area (Å²) in [5, 5.41) is 3.26. The summed E-state index contributed by atoms with van der Waals surface area (Å²) in [6.45, 7) is 2.64. The quantitative estimate of drug-likeness (QED) is 0.831. The van der Waals surface area contributed by atoms with E-state index in [1.807, 2.05) is 6.92 Å². The summed E-state index contributed by atoms with van der Waals surface area (Å²) in [6.07, 6.45) is 2.23. The minimum Gasteiger partial charge on any atom is -0.384 e. The van der Waals surface area contributed by atoms with Crippen molar-refractivity contribution in [1.29, 1.82) is 0 Å². The van der Waals surface area contributed by atoms with E-state index < -0.39 is 17.5 Å². The van der Waals surface area contributed by atoms with Gasteiger partial charge >= 0.3 is 0 Å². The van der Waals surface area contributed by atoms with Crippen molar-refractivity contribution in [3.63, 3.8) is 0 Å². The Hall–Kier alpha value is -1.78. The van der Waals surface area contributed by atoms with Gasteiger partial charge in [-0.1, -0.05) is 6.92 Å². The summed E-state index contributed by atoms with van der Waals surface area (Å²) in [5.41, 5.74) is 0.389. The number of hydrogen-bond acceptors (Lipinski definition) is 2. The van der Waals surface area contributed by atoms with Gasteiger partial charge in [-0.2, -0.15) is 0 Å². The van der Waals surface area contributed by atoms with Gasteiger partial charge < -0.3 is 5.32 Å². The third-order valence-electron chi connectivity index (χ3n) is 2.44. The lowest BCUT2D eigenvalue weighted by atomic mass is 10.1. The summed E-state index contributed by atoms with van der Waals surface area (Å²) >= 11 is 0. The van der Waals surface area contributed by atoms with Gasteiger partial charge in [0.05, 0.1) is 0 Å². The summed E-state index contributed by atoms with van der Waals surface area (Å²) in [7, 11) is 0. The molecule has 2 aromatic rings. The maximum atomic E-state index is 13.5. The average molecular weight is 240 g/mol. The van der Waals surface area contributed by atoms with Crippen LogP contribution < -0.4 is 5.32 Å². The number of fused-ring (bicyclic) bond motifs is 1. The minimum atomic E-state index is -1.49. The molecule has 1 N–H and O–H groups in total. The fourth-order valence-corrected chi connectivity index (χ4v) is 1.61. The van der Waals surface area contributed by atoms with Gasteiger partial charge in [-0.05, 0) is 18.6 Å². The standard InChI is InChI=1S/C12H11F3N2/c1-2-4-16-9-3-5-17-12-7(9)6-8(13)10(14)11(12)15/h3,5-6H,2,4H2,1H3,(H,16,17). The molecular weight excluding hydrogens is 229 g/mol. The van der Waals surface area contributed by atoms with Gasteiger partial charge in [0.25, 0.3) is 0 Å². The molecule has 5 heteroatoms. The van der Waals surface area contributed by atoms with Crippen LogP contribution in [0.1, 0.15) is 13.3 Å². The second-order valence-electron chi connectivity index (χ2n) is 3.67. The van der Waals surface area contributed by atoms with Crippen LogP contribution in [-0.4, -0.2) is 11.5 Å². The molecule has 0 unspecified atom stereocenters. The lowest BCUT2D eigenvalue weighted by molar-refractivity contribution is 0.452. The molecule has 17 heavy (non-hydrogen) atoms. The van der Waals surface area contributed by atoms with Crippen molar-refractivity contribution >= 4 is 16.6 Å². The van der Waals surface area contributed by atoms with Gasteiger partial charge in [-0.15, -0.1) is 0 Å². The molecule has 0 aliphatic rings. The number of hydrogen-bond donors (Lipinski definition) is 1. The van der Waals surface area contributed by atoms with Gasteiger partial charge in [0.1, 0.15) is 5.52 Å². The van der Waals surface area contributed by atoms with Crippen LogP contribution in [0.2, 0.25) is 0 Å². The molecule has 0 saturated carbocycles. The maximum absolute atomic E-state index is 13.5. The monoisotopic (exact) mass is 240 g/mol. The van der Waals surface area contributed by atoms with Crippen LogP contribution in [0.25, 0.3) is 10.9 Å². The highest BCUT2D eigenvalue weighted by Gasteiger charge is 2.16. The van der Waals surface area contributed by atoms with Crippen LogP contribution in [0.4, 0.5) is 18.9 Å². The lowest BCUT2D eigenvalue weighted by Gasteiger charge is -2.09. The van der Waals surface area contributed by atoms with Crippen LogP contribution in [0.5, 0.6) is 0 Å². The zero-order chi connectivity index (χ0) is 12.4. The minimum absolute atomic E-state index is 0.162. The third-order valence-corrected chi connectivity index (χ3v) is 2.44. The summed E-state index contributed by atoms with van der Waals surface area (Å²) in [6, 6.07) is 2.56. The van der Waals surface area contributed by atoms with E-state index in [1.165, 1.54) is 6.20 Å². The Morgan fingerprint density at radius 1 is 1.24 bits per heavy atom. The molecule has 0 saturated heterocycles. The highest BCUT2D eigenvalue weighted by molar-refractivity contribution is 5.91. The Morgan fingerprint density at radius 3 is 2.71 bits per heavy atom. The van der Waals surface area contributed by atoms with Crippen molar-refractivity contribution in [1.82, 2.24) is 4.98 Å². The van der Waals surface area contributed by atoms with E-state index in [0.29, 0.717) is 12.2 Å². The Kier molecular flexibility index (Phi) is 3.17. The second-order valence-corrected chi connectivity index (χ2v) is 3.67. The van der Waals surface area contributed by atoms with Crippen LogP contribution in [0.3, 0.4) is 0 Å². The number of anilines is 1. The molecule has 0 atom stereocenters. The van der Waals surface area contributed by atoms with E-state index in [1.54, 1.807) is 6.07 Å². The number of rotatable bonds is 3. The smallest absolute Gasteiger partial charge is 0.196 e. The highest BCUT2D eigenvalue weighted by Crippen LogP contribution is 2.26. The zero-order valence-corrected chi connectivity index (χ0v) is 9.23. The molecule has 0 bridgehead atoms. The summed E-state index contributed by atoms with van der Waals surface area (Å²) in [5.74, 6) is -3.94. The Morgan fingerprint density at radius 2 is 2.00 bits per heavy atom. The number of halogens is 3. The number of aromatic nitrogens is 1. The first kappa shape index (κ1) is 11.7. The maximum Gasteiger partial charge on any atom is 0.196 e. The molecule has 1 aromatic heterocycles. The SMILES string of the molecule is CCCNc1ccnc2c(F)c(F)c(F)cc12. The number of pyridine rings is 1. The van der Waals surface area contributed by atoms with Crippen molar-refractivity contribution in [3.05, 3.63) is 35.8 Å². The Balaban J connectivity index is 2.64. The van der Waals surface area contributed by atoms with Crippen molar-refractivity contribution in [3.8, 4) is 0 Å². The molecule has 1 aromatic carbocycles. The summed E-state index contributed by atoms with van der Waals surface area (Å²) < 4.78 is 39.6. The van der Waals surface area contributed by atoms with Gasteiger partial charge in [0.2, 0.25) is 0 Å². The van der Waals surface area contributed by atoms with E-state index in [9.17, 15) is 13.2 Å². The molecule has 90 valence electrons. The Labute approximate surface area is 96.5 Å². The number of nitrogens with one attached hydrogen (secondary N) is 1. The molecule has 0 spiro atoms. The van der Waals surface area contributed by atoms with E-state index >= 15 is 0 Å². The van der Waals surface area contributed by atoms with Crippen molar-refractivity contribution < 1.29 is 13.2 Å². The highest BCUT2D eigenvalue weighted by atomic mass is 19.2. The first-order chi connectivity index (χ1) is 8.15. The summed E-state index contributed by atoms with van der Waals surface area (Å²) in [4.78, 5) is 3.73. The molecule has 0 aliphatic heterocycles.